The van der Waals surface area contributed by atoms with E-state index in [2.05, 4.69) is 6.08 Å². The summed E-state index contributed by atoms with van der Waals surface area (Å²) in [5.41, 5.74) is 4.47. The Bertz CT molecular complexity index is 931. The first-order valence-corrected chi connectivity index (χ1v) is 11.7. The molecule has 0 spiro atoms. The minimum absolute atomic E-state index is 0.114. The van der Waals surface area contributed by atoms with Crippen molar-refractivity contribution in [3.63, 3.8) is 0 Å². The molecule has 6 heteroatoms. The second kappa shape index (κ2) is 13.7. The molecule has 0 aromatic heterocycles. The van der Waals surface area contributed by atoms with Crippen LogP contribution in [0.25, 0.3) is 0 Å². The number of esters is 1. The van der Waals surface area contributed by atoms with Gasteiger partial charge in [-0.05, 0) is 74.5 Å². The fourth-order valence-electron chi connectivity index (χ4n) is 4.16. The average Bonchev–Trinajstić information content (AvgIpc) is 3.23. The molecule has 2 rings (SSSR count). The van der Waals surface area contributed by atoms with Crippen molar-refractivity contribution in [2.75, 3.05) is 13.7 Å². The largest absolute Gasteiger partial charge is 0.492 e. The number of carbonyl (C=O) groups is 1. The van der Waals surface area contributed by atoms with E-state index in [1.54, 1.807) is 0 Å². The number of nitrogens with one attached hydrogen (secondary N) is 1. The van der Waals surface area contributed by atoms with Crippen molar-refractivity contribution >= 4 is 23.5 Å². The van der Waals surface area contributed by atoms with E-state index in [-0.39, 0.29) is 23.7 Å². The molecule has 33 heavy (non-hydrogen) atoms. The van der Waals surface area contributed by atoms with Gasteiger partial charge in [0.2, 0.25) is 5.90 Å². The first-order chi connectivity index (χ1) is 15.9. The molecule has 0 saturated heterocycles. The second-order valence-corrected chi connectivity index (χ2v) is 8.08. The zero-order valence-electron chi connectivity index (χ0n) is 19.9. The predicted molar refractivity (Wildman–Crippen MR) is 133 cm³/mol. The third-order valence-electron chi connectivity index (χ3n) is 5.78. The summed E-state index contributed by atoms with van der Waals surface area (Å²) in [5, 5.41) is 8.04. The average molecular weight is 472 g/mol. The molecule has 0 heterocycles. The Labute approximate surface area is 202 Å². The normalized spacial score (nSPS) is 20.1. The van der Waals surface area contributed by atoms with Gasteiger partial charge in [0.25, 0.3) is 0 Å². The maximum Gasteiger partial charge on any atom is 0.309 e. The van der Waals surface area contributed by atoms with Crippen LogP contribution < -0.4 is 0 Å². The molecule has 1 aliphatic rings. The van der Waals surface area contributed by atoms with Crippen molar-refractivity contribution in [2.24, 2.45) is 11.8 Å². The summed E-state index contributed by atoms with van der Waals surface area (Å²) in [5.74, 6) is 1.20. The molecular weight excluding hydrogens is 438 g/mol. The Morgan fingerprint density at radius 3 is 2.64 bits per heavy atom. The molecule has 2 atom stereocenters. The van der Waals surface area contributed by atoms with Crippen molar-refractivity contribution in [1.29, 1.82) is 5.41 Å². The minimum Gasteiger partial charge on any atom is -0.492 e. The third kappa shape index (κ3) is 7.64. The van der Waals surface area contributed by atoms with E-state index in [1.807, 2.05) is 63.3 Å². The Kier molecular flexibility index (Phi) is 11.0. The number of ether oxygens (including phenoxy) is 3. The van der Waals surface area contributed by atoms with Crippen molar-refractivity contribution in [2.45, 2.75) is 46.5 Å². The Balaban J connectivity index is 1.92. The molecule has 1 fully saturated rings. The molecule has 1 aromatic carbocycles. The minimum atomic E-state index is -0.155. The monoisotopic (exact) mass is 471 g/mol. The van der Waals surface area contributed by atoms with Gasteiger partial charge in [0.15, 0.2) is 0 Å². The van der Waals surface area contributed by atoms with E-state index in [1.165, 1.54) is 12.6 Å². The zero-order chi connectivity index (χ0) is 24.2. The van der Waals surface area contributed by atoms with Crippen LogP contribution in [0.4, 0.5) is 0 Å². The molecular formula is C27H34ClNO4. The topological polar surface area (TPSA) is 68.6 Å². The van der Waals surface area contributed by atoms with E-state index in [9.17, 15) is 4.79 Å². The number of halogens is 1. The SMILES string of the molecule is C\C=C1/C(=C\C(=C\Cl)OCC/C=C(\C)OC(=N)c2ccccc2)CCC1C(CC)C(=O)OC. The molecule has 0 aliphatic heterocycles. The molecule has 1 aliphatic carbocycles. The molecule has 0 amide bonds. The van der Waals surface area contributed by atoms with Crippen LogP contribution in [-0.4, -0.2) is 25.6 Å². The quantitative estimate of drug-likeness (QED) is 0.132. The van der Waals surface area contributed by atoms with Gasteiger partial charge in [-0.2, -0.15) is 0 Å². The van der Waals surface area contributed by atoms with Crippen LogP contribution in [0.5, 0.6) is 0 Å². The van der Waals surface area contributed by atoms with Gasteiger partial charge in [-0.15, -0.1) is 0 Å². The first kappa shape index (κ1) is 26.5. The van der Waals surface area contributed by atoms with Crippen LogP contribution in [0.3, 0.4) is 0 Å². The van der Waals surface area contributed by atoms with E-state index < -0.39 is 0 Å². The number of hydrogen-bond donors (Lipinski definition) is 1. The summed E-state index contributed by atoms with van der Waals surface area (Å²) in [7, 11) is 1.44. The first-order valence-electron chi connectivity index (χ1n) is 11.3. The van der Waals surface area contributed by atoms with E-state index in [0.717, 1.165) is 36.0 Å². The molecule has 1 N–H and O–H groups in total. The smallest absolute Gasteiger partial charge is 0.309 e. The number of rotatable bonds is 10. The summed E-state index contributed by atoms with van der Waals surface area (Å²) in [6, 6.07) is 9.32. The molecule has 0 bridgehead atoms. The molecule has 2 unspecified atom stereocenters. The van der Waals surface area contributed by atoms with Crippen LogP contribution in [-0.2, 0) is 19.0 Å². The summed E-state index contributed by atoms with van der Waals surface area (Å²) in [6.45, 7) is 6.26. The van der Waals surface area contributed by atoms with Crippen molar-refractivity contribution < 1.29 is 19.0 Å². The zero-order valence-corrected chi connectivity index (χ0v) is 20.7. The van der Waals surface area contributed by atoms with Crippen LogP contribution in [0.2, 0.25) is 0 Å². The molecule has 5 nitrogen and oxygen atoms in total. The number of methoxy groups -OCH3 is 1. The van der Waals surface area contributed by atoms with Gasteiger partial charge in [0, 0.05) is 17.5 Å². The standard InChI is InChI=1S/C27H34ClNO4/c1-5-23-21(14-15-25(23)24(6-2)27(30)31-4)17-22(18-28)32-16-10-11-19(3)33-26(29)20-12-8-7-9-13-20/h5,7-9,11-13,17-18,24-25,29H,6,10,14-16H2,1-4H3/b19-11+,21-17-,22-18-,23-5+,29-26?. The lowest BCUT2D eigenvalue weighted by Gasteiger charge is -2.21. The maximum absolute atomic E-state index is 12.2. The van der Waals surface area contributed by atoms with Crippen LogP contribution in [0, 0.1) is 17.2 Å². The maximum atomic E-state index is 12.2. The highest BCUT2D eigenvalue weighted by Gasteiger charge is 2.35. The van der Waals surface area contributed by atoms with Crippen molar-refractivity contribution in [1.82, 2.24) is 0 Å². The number of carbonyl (C=O) groups excluding carboxylic acids is 1. The van der Waals surface area contributed by atoms with Gasteiger partial charge in [0.1, 0.15) is 5.76 Å². The van der Waals surface area contributed by atoms with Gasteiger partial charge >= 0.3 is 5.97 Å². The lowest BCUT2D eigenvalue weighted by Crippen LogP contribution is -2.23. The Morgan fingerprint density at radius 1 is 1.30 bits per heavy atom. The van der Waals surface area contributed by atoms with Gasteiger partial charge in [-0.3, -0.25) is 10.2 Å². The van der Waals surface area contributed by atoms with E-state index in [0.29, 0.717) is 24.5 Å². The highest BCUT2D eigenvalue weighted by molar-refractivity contribution is 6.25. The van der Waals surface area contributed by atoms with Gasteiger partial charge in [-0.1, -0.05) is 42.8 Å². The van der Waals surface area contributed by atoms with Crippen molar-refractivity contribution in [3.05, 3.63) is 82.3 Å². The highest BCUT2D eigenvalue weighted by atomic mass is 35.5. The Morgan fingerprint density at radius 2 is 2.03 bits per heavy atom. The lowest BCUT2D eigenvalue weighted by atomic mass is 9.85. The van der Waals surface area contributed by atoms with Gasteiger partial charge in [-0.25, -0.2) is 0 Å². The molecule has 1 saturated carbocycles. The van der Waals surface area contributed by atoms with Crippen LogP contribution in [0.15, 0.2) is 76.8 Å². The van der Waals surface area contributed by atoms with Crippen LogP contribution in [0.1, 0.15) is 52.0 Å². The summed E-state index contributed by atoms with van der Waals surface area (Å²) >= 11 is 6.02. The highest BCUT2D eigenvalue weighted by Crippen LogP contribution is 2.42. The summed E-state index contributed by atoms with van der Waals surface area (Å²) in [4.78, 5) is 12.2. The summed E-state index contributed by atoms with van der Waals surface area (Å²) in [6.07, 6.45) is 9.06. The molecule has 178 valence electrons. The summed E-state index contributed by atoms with van der Waals surface area (Å²) < 4.78 is 16.4. The van der Waals surface area contributed by atoms with E-state index in [4.69, 9.17) is 31.2 Å². The number of benzene rings is 1. The van der Waals surface area contributed by atoms with Crippen molar-refractivity contribution in [3.8, 4) is 0 Å². The van der Waals surface area contributed by atoms with Gasteiger partial charge < -0.3 is 14.2 Å². The second-order valence-electron chi connectivity index (χ2n) is 7.86. The fraction of sp³-hybridized carbons (Fsp3) is 0.407. The third-order valence-corrected chi connectivity index (χ3v) is 5.99. The predicted octanol–water partition coefficient (Wildman–Crippen LogP) is 6.90. The lowest BCUT2D eigenvalue weighted by molar-refractivity contribution is -0.147. The Hall–Kier alpha value is -2.79. The molecule has 0 radical (unpaired) electrons. The molecule has 1 aromatic rings. The number of hydrogen-bond acceptors (Lipinski definition) is 5. The van der Waals surface area contributed by atoms with Crippen LogP contribution >= 0.6 is 11.6 Å². The van der Waals surface area contributed by atoms with E-state index >= 15 is 0 Å². The fourth-order valence-corrected chi connectivity index (χ4v) is 4.28. The van der Waals surface area contributed by atoms with Gasteiger partial charge in [0.05, 0.1) is 25.4 Å². The number of allylic oxidation sites excluding steroid dienone is 5.